The zero-order chi connectivity index (χ0) is 12.3. The monoisotopic (exact) mass is 242 g/mol. The first kappa shape index (κ1) is 13.6. The lowest BCUT2D eigenvalue weighted by Gasteiger charge is -2.31. The van der Waals surface area contributed by atoms with Gasteiger partial charge in [0, 0.05) is 22.8 Å². The molecule has 1 aromatic heterocycles. The second kappa shape index (κ2) is 5.27. The summed E-state index contributed by atoms with van der Waals surface area (Å²) >= 11 is 1.77. The van der Waals surface area contributed by atoms with Crippen LogP contribution in [0.25, 0.3) is 0 Å². The van der Waals surface area contributed by atoms with Crippen LogP contribution in [0.3, 0.4) is 0 Å². The van der Waals surface area contributed by atoms with Crippen molar-refractivity contribution in [3.63, 3.8) is 0 Å². The van der Waals surface area contributed by atoms with Crippen LogP contribution in [0.5, 0.6) is 0 Å². The highest BCUT2D eigenvalue weighted by Crippen LogP contribution is 2.26. The zero-order valence-electron chi connectivity index (χ0n) is 10.5. The minimum atomic E-state index is -0.686. The van der Waals surface area contributed by atoms with Gasteiger partial charge in [-0.1, -0.05) is 0 Å². The molecule has 0 spiro atoms. The van der Waals surface area contributed by atoms with E-state index in [9.17, 15) is 5.11 Å². The van der Waals surface area contributed by atoms with Gasteiger partial charge in [0.25, 0.3) is 0 Å². The molecule has 0 aliphatic heterocycles. The standard InChI is InChI=1S/C12H22N2OS/c1-9-5-6-11(16-9)10(7-13)14(4)8-12(2,3)15/h5-6,10,15H,7-8,13H2,1-4H3. The van der Waals surface area contributed by atoms with Gasteiger partial charge >= 0.3 is 0 Å². The number of likely N-dealkylation sites (N-methyl/N-ethyl adjacent to an activating group) is 1. The number of nitrogens with two attached hydrogens (primary N) is 1. The Morgan fingerprint density at radius 3 is 2.50 bits per heavy atom. The lowest BCUT2D eigenvalue weighted by Crippen LogP contribution is -2.40. The molecule has 0 saturated carbocycles. The van der Waals surface area contributed by atoms with Crippen molar-refractivity contribution in [1.82, 2.24) is 4.90 Å². The number of nitrogens with zero attached hydrogens (tertiary/aromatic N) is 1. The minimum Gasteiger partial charge on any atom is -0.389 e. The number of aliphatic hydroxyl groups is 1. The summed E-state index contributed by atoms with van der Waals surface area (Å²) in [4.78, 5) is 4.68. The fourth-order valence-electron chi connectivity index (χ4n) is 1.87. The van der Waals surface area contributed by atoms with Gasteiger partial charge in [0.1, 0.15) is 0 Å². The van der Waals surface area contributed by atoms with E-state index in [2.05, 4.69) is 24.0 Å². The van der Waals surface area contributed by atoms with Gasteiger partial charge < -0.3 is 10.8 Å². The van der Waals surface area contributed by atoms with Crippen molar-refractivity contribution in [2.45, 2.75) is 32.4 Å². The molecule has 92 valence electrons. The van der Waals surface area contributed by atoms with Crippen molar-refractivity contribution >= 4 is 11.3 Å². The predicted molar refractivity (Wildman–Crippen MR) is 69.8 cm³/mol. The molecule has 0 bridgehead atoms. The highest BCUT2D eigenvalue weighted by atomic mass is 32.1. The molecular formula is C12H22N2OS. The number of hydrogen-bond donors (Lipinski definition) is 2. The topological polar surface area (TPSA) is 49.5 Å². The van der Waals surface area contributed by atoms with Crippen molar-refractivity contribution in [3.05, 3.63) is 21.9 Å². The molecular weight excluding hydrogens is 220 g/mol. The van der Waals surface area contributed by atoms with Crippen molar-refractivity contribution < 1.29 is 5.11 Å². The molecule has 0 radical (unpaired) electrons. The van der Waals surface area contributed by atoms with Crippen LogP contribution in [0.1, 0.15) is 29.6 Å². The van der Waals surface area contributed by atoms with Gasteiger partial charge in [-0.25, -0.2) is 0 Å². The lowest BCUT2D eigenvalue weighted by atomic mass is 10.1. The summed E-state index contributed by atoms with van der Waals surface area (Å²) in [6.07, 6.45) is 0. The van der Waals surface area contributed by atoms with E-state index in [4.69, 9.17) is 5.73 Å². The smallest absolute Gasteiger partial charge is 0.0718 e. The third-order valence-electron chi connectivity index (χ3n) is 2.48. The third-order valence-corrected chi connectivity index (χ3v) is 3.58. The van der Waals surface area contributed by atoms with E-state index < -0.39 is 5.60 Å². The summed E-state index contributed by atoms with van der Waals surface area (Å²) in [6, 6.07) is 4.43. The molecule has 1 aromatic rings. The highest BCUT2D eigenvalue weighted by Gasteiger charge is 2.22. The summed E-state index contributed by atoms with van der Waals surface area (Å²) in [5.74, 6) is 0. The molecule has 16 heavy (non-hydrogen) atoms. The van der Waals surface area contributed by atoms with E-state index in [-0.39, 0.29) is 6.04 Å². The van der Waals surface area contributed by atoms with Crippen molar-refractivity contribution in [3.8, 4) is 0 Å². The van der Waals surface area contributed by atoms with E-state index in [1.54, 1.807) is 11.3 Å². The van der Waals surface area contributed by atoms with Gasteiger partial charge in [-0.2, -0.15) is 0 Å². The second-order valence-corrected chi connectivity index (χ2v) is 6.25. The van der Waals surface area contributed by atoms with Gasteiger partial charge in [-0.3, -0.25) is 4.90 Å². The molecule has 0 saturated heterocycles. The first-order chi connectivity index (χ1) is 7.33. The molecule has 0 aromatic carbocycles. The molecule has 0 amide bonds. The van der Waals surface area contributed by atoms with Crippen LogP contribution >= 0.6 is 11.3 Å². The first-order valence-corrected chi connectivity index (χ1v) is 6.34. The predicted octanol–water partition coefficient (Wildman–Crippen LogP) is 1.76. The third kappa shape index (κ3) is 3.87. The number of hydrogen-bond acceptors (Lipinski definition) is 4. The Balaban J connectivity index is 2.74. The van der Waals surface area contributed by atoms with E-state index in [0.717, 1.165) is 0 Å². The summed E-state index contributed by atoms with van der Waals surface area (Å²) in [6.45, 7) is 6.92. The summed E-state index contributed by atoms with van der Waals surface area (Å²) in [7, 11) is 2.00. The molecule has 0 aliphatic rings. The van der Waals surface area contributed by atoms with Crippen LogP contribution < -0.4 is 5.73 Å². The van der Waals surface area contributed by atoms with E-state index >= 15 is 0 Å². The van der Waals surface area contributed by atoms with Crippen molar-refractivity contribution in [1.29, 1.82) is 0 Å². The van der Waals surface area contributed by atoms with Crippen LogP contribution in [0, 0.1) is 6.92 Å². The molecule has 1 unspecified atom stereocenters. The van der Waals surface area contributed by atoms with Crippen LogP contribution in [0.15, 0.2) is 12.1 Å². The van der Waals surface area contributed by atoms with E-state index in [1.807, 2.05) is 20.9 Å². The highest BCUT2D eigenvalue weighted by molar-refractivity contribution is 7.12. The Bertz CT molecular complexity index is 330. The molecule has 0 aliphatic carbocycles. The van der Waals surface area contributed by atoms with Crippen LogP contribution in [0.2, 0.25) is 0 Å². The van der Waals surface area contributed by atoms with Crippen LogP contribution in [-0.2, 0) is 0 Å². The van der Waals surface area contributed by atoms with E-state index in [0.29, 0.717) is 13.1 Å². The van der Waals surface area contributed by atoms with Crippen LogP contribution in [0.4, 0.5) is 0 Å². The molecule has 0 fully saturated rings. The zero-order valence-corrected chi connectivity index (χ0v) is 11.3. The molecule has 1 rings (SSSR count). The molecule has 1 heterocycles. The Kier molecular flexibility index (Phi) is 4.50. The second-order valence-electron chi connectivity index (χ2n) is 4.93. The maximum atomic E-state index is 9.81. The largest absolute Gasteiger partial charge is 0.389 e. The van der Waals surface area contributed by atoms with Crippen molar-refractivity contribution in [2.24, 2.45) is 5.73 Å². The fraction of sp³-hybridized carbons (Fsp3) is 0.667. The molecule has 4 heteroatoms. The Labute approximate surface area is 102 Å². The van der Waals surface area contributed by atoms with Crippen molar-refractivity contribution in [2.75, 3.05) is 20.1 Å². The summed E-state index contributed by atoms with van der Waals surface area (Å²) in [5, 5.41) is 9.81. The van der Waals surface area contributed by atoms with Gasteiger partial charge in [-0.15, -0.1) is 11.3 Å². The molecule has 3 nitrogen and oxygen atoms in total. The molecule has 1 atom stereocenters. The van der Waals surface area contributed by atoms with Crippen LogP contribution in [-0.4, -0.2) is 35.7 Å². The summed E-state index contributed by atoms with van der Waals surface area (Å²) in [5.41, 5.74) is 5.13. The van der Waals surface area contributed by atoms with Gasteiger partial charge in [0.05, 0.1) is 11.6 Å². The fourth-order valence-corrected chi connectivity index (χ4v) is 2.92. The average molecular weight is 242 g/mol. The SMILES string of the molecule is Cc1ccc(C(CN)N(C)CC(C)(C)O)s1. The van der Waals surface area contributed by atoms with E-state index in [1.165, 1.54) is 9.75 Å². The Hall–Kier alpha value is -0.420. The Morgan fingerprint density at radius 1 is 1.50 bits per heavy atom. The maximum Gasteiger partial charge on any atom is 0.0718 e. The lowest BCUT2D eigenvalue weighted by molar-refractivity contribution is 0.0325. The van der Waals surface area contributed by atoms with Gasteiger partial charge in [0.15, 0.2) is 0 Å². The number of thiophene rings is 1. The first-order valence-electron chi connectivity index (χ1n) is 5.52. The maximum absolute atomic E-state index is 9.81. The van der Waals surface area contributed by atoms with Gasteiger partial charge in [0.2, 0.25) is 0 Å². The van der Waals surface area contributed by atoms with Gasteiger partial charge in [-0.05, 0) is 40.0 Å². The summed E-state index contributed by atoms with van der Waals surface area (Å²) < 4.78 is 0. The average Bonchev–Trinajstić information content (AvgIpc) is 2.49. The number of aryl methyl sites for hydroxylation is 1. The molecule has 3 N–H and O–H groups in total. The number of rotatable bonds is 5. The Morgan fingerprint density at radius 2 is 2.12 bits per heavy atom. The normalized spacial score (nSPS) is 14.4. The minimum absolute atomic E-state index is 0.199. The quantitative estimate of drug-likeness (QED) is 0.827.